The number of halogens is 1. The molecular weight excluding hydrogens is 257 g/mol. The van der Waals surface area contributed by atoms with Crippen LogP contribution in [0.2, 0.25) is 0 Å². The molecule has 0 heterocycles. The second kappa shape index (κ2) is 7.40. The summed E-state index contributed by atoms with van der Waals surface area (Å²) in [7, 11) is 0. The van der Waals surface area contributed by atoms with Gasteiger partial charge in [0.2, 0.25) is 5.91 Å². The van der Waals surface area contributed by atoms with Crippen LogP contribution in [0.15, 0.2) is 54.6 Å². The van der Waals surface area contributed by atoms with Crippen molar-refractivity contribution in [2.24, 2.45) is 0 Å². The normalized spacial score (nSPS) is 10.2. The first-order valence-corrected chi connectivity index (χ1v) is 6.37. The SMILES string of the molecule is O=C(COCc1ccccc1)NCc1cccc(F)c1. The van der Waals surface area contributed by atoms with E-state index in [0.717, 1.165) is 11.1 Å². The average molecular weight is 273 g/mol. The molecule has 20 heavy (non-hydrogen) atoms. The molecule has 0 bridgehead atoms. The molecule has 0 aliphatic rings. The Balaban J connectivity index is 1.68. The lowest BCUT2D eigenvalue weighted by Crippen LogP contribution is -2.27. The fourth-order valence-corrected chi connectivity index (χ4v) is 1.73. The van der Waals surface area contributed by atoms with Crippen molar-refractivity contribution in [1.82, 2.24) is 5.32 Å². The molecule has 1 N–H and O–H groups in total. The largest absolute Gasteiger partial charge is 0.367 e. The number of carbonyl (C=O) groups is 1. The Labute approximate surface area is 117 Å². The minimum Gasteiger partial charge on any atom is -0.367 e. The summed E-state index contributed by atoms with van der Waals surface area (Å²) in [6, 6.07) is 15.8. The number of carbonyl (C=O) groups excluding carboxylic acids is 1. The van der Waals surface area contributed by atoms with Crippen molar-refractivity contribution < 1.29 is 13.9 Å². The highest BCUT2D eigenvalue weighted by atomic mass is 19.1. The van der Waals surface area contributed by atoms with E-state index in [1.807, 2.05) is 30.3 Å². The lowest BCUT2D eigenvalue weighted by atomic mass is 10.2. The number of hydrogen-bond acceptors (Lipinski definition) is 2. The number of amides is 1. The molecule has 2 aromatic rings. The van der Waals surface area contributed by atoms with Gasteiger partial charge >= 0.3 is 0 Å². The van der Waals surface area contributed by atoms with Crippen LogP contribution >= 0.6 is 0 Å². The summed E-state index contributed by atoms with van der Waals surface area (Å²) in [5.74, 6) is -0.526. The summed E-state index contributed by atoms with van der Waals surface area (Å²) in [4.78, 5) is 11.6. The molecule has 0 aliphatic heterocycles. The smallest absolute Gasteiger partial charge is 0.246 e. The van der Waals surface area contributed by atoms with Crippen molar-refractivity contribution in [2.75, 3.05) is 6.61 Å². The molecule has 4 heteroatoms. The maximum atomic E-state index is 12.9. The van der Waals surface area contributed by atoms with Crippen LogP contribution in [0.3, 0.4) is 0 Å². The zero-order valence-electron chi connectivity index (χ0n) is 11.0. The van der Waals surface area contributed by atoms with Gasteiger partial charge in [-0.05, 0) is 23.3 Å². The summed E-state index contributed by atoms with van der Waals surface area (Å²) in [5, 5.41) is 2.68. The average Bonchev–Trinajstić information content (AvgIpc) is 2.46. The molecule has 2 rings (SSSR count). The molecule has 0 fully saturated rings. The monoisotopic (exact) mass is 273 g/mol. The molecule has 3 nitrogen and oxygen atoms in total. The fourth-order valence-electron chi connectivity index (χ4n) is 1.73. The van der Waals surface area contributed by atoms with E-state index in [2.05, 4.69) is 5.32 Å². The van der Waals surface area contributed by atoms with Crippen LogP contribution in [0.1, 0.15) is 11.1 Å². The van der Waals surface area contributed by atoms with E-state index in [1.54, 1.807) is 12.1 Å². The molecular formula is C16H16FNO2. The van der Waals surface area contributed by atoms with Crippen LogP contribution in [0, 0.1) is 5.82 Å². The summed E-state index contributed by atoms with van der Waals surface area (Å²) in [6.07, 6.45) is 0. The predicted molar refractivity (Wildman–Crippen MR) is 74.3 cm³/mol. The van der Waals surface area contributed by atoms with E-state index in [9.17, 15) is 9.18 Å². The van der Waals surface area contributed by atoms with Crippen molar-refractivity contribution in [3.8, 4) is 0 Å². The van der Waals surface area contributed by atoms with Gasteiger partial charge in [-0.25, -0.2) is 4.39 Å². The third-order valence-corrected chi connectivity index (χ3v) is 2.72. The number of rotatable bonds is 6. The van der Waals surface area contributed by atoms with E-state index in [1.165, 1.54) is 12.1 Å². The second-order valence-electron chi connectivity index (χ2n) is 4.39. The van der Waals surface area contributed by atoms with Crippen molar-refractivity contribution >= 4 is 5.91 Å². The molecule has 0 saturated heterocycles. The first kappa shape index (κ1) is 14.2. The Morgan fingerprint density at radius 1 is 1.05 bits per heavy atom. The Morgan fingerprint density at radius 2 is 1.80 bits per heavy atom. The number of hydrogen-bond donors (Lipinski definition) is 1. The Hall–Kier alpha value is -2.20. The van der Waals surface area contributed by atoms with Gasteiger partial charge in [0.1, 0.15) is 12.4 Å². The maximum Gasteiger partial charge on any atom is 0.246 e. The number of ether oxygens (including phenoxy) is 1. The summed E-state index contributed by atoms with van der Waals surface area (Å²) in [5.41, 5.74) is 1.74. The van der Waals surface area contributed by atoms with E-state index >= 15 is 0 Å². The van der Waals surface area contributed by atoms with Crippen LogP contribution < -0.4 is 5.32 Å². The van der Waals surface area contributed by atoms with Crippen molar-refractivity contribution in [2.45, 2.75) is 13.2 Å². The predicted octanol–water partition coefficient (Wildman–Crippen LogP) is 2.66. The highest BCUT2D eigenvalue weighted by molar-refractivity contribution is 5.77. The van der Waals surface area contributed by atoms with Gasteiger partial charge in [0.05, 0.1) is 6.61 Å². The van der Waals surface area contributed by atoms with Gasteiger partial charge in [-0.2, -0.15) is 0 Å². The molecule has 1 amide bonds. The molecule has 0 saturated carbocycles. The number of benzene rings is 2. The first-order valence-electron chi connectivity index (χ1n) is 6.37. The molecule has 0 radical (unpaired) electrons. The molecule has 0 spiro atoms. The molecule has 0 aromatic heterocycles. The molecule has 2 aromatic carbocycles. The molecule has 0 atom stereocenters. The minimum absolute atomic E-state index is 0.00971. The molecule has 0 unspecified atom stereocenters. The number of nitrogens with one attached hydrogen (secondary N) is 1. The topological polar surface area (TPSA) is 38.3 Å². The summed E-state index contributed by atoms with van der Waals surface area (Å²) < 4.78 is 18.3. The fraction of sp³-hybridized carbons (Fsp3) is 0.188. The van der Waals surface area contributed by atoms with Crippen molar-refractivity contribution in [3.05, 3.63) is 71.5 Å². The van der Waals surface area contributed by atoms with Crippen molar-refractivity contribution in [1.29, 1.82) is 0 Å². The van der Waals surface area contributed by atoms with Crippen LogP contribution in [0.4, 0.5) is 4.39 Å². The Bertz CT molecular complexity index is 557. The van der Waals surface area contributed by atoms with Gasteiger partial charge in [0.15, 0.2) is 0 Å². The van der Waals surface area contributed by atoms with E-state index in [4.69, 9.17) is 4.74 Å². The third kappa shape index (κ3) is 4.82. The van der Waals surface area contributed by atoms with E-state index < -0.39 is 0 Å². The van der Waals surface area contributed by atoms with Gasteiger partial charge in [-0.1, -0.05) is 42.5 Å². The van der Waals surface area contributed by atoms with Crippen LogP contribution in [0.25, 0.3) is 0 Å². The van der Waals surface area contributed by atoms with Gasteiger partial charge in [-0.3, -0.25) is 4.79 Å². The third-order valence-electron chi connectivity index (χ3n) is 2.72. The highest BCUT2D eigenvalue weighted by Gasteiger charge is 2.02. The van der Waals surface area contributed by atoms with Gasteiger partial charge in [-0.15, -0.1) is 0 Å². The standard InChI is InChI=1S/C16H16FNO2/c17-15-8-4-7-14(9-15)10-18-16(19)12-20-11-13-5-2-1-3-6-13/h1-9H,10-12H2,(H,18,19). The van der Waals surface area contributed by atoms with Crippen LogP contribution in [-0.2, 0) is 22.7 Å². The lowest BCUT2D eigenvalue weighted by Gasteiger charge is -2.06. The summed E-state index contributed by atoms with van der Waals surface area (Å²) >= 11 is 0. The van der Waals surface area contributed by atoms with Crippen LogP contribution in [-0.4, -0.2) is 12.5 Å². The second-order valence-corrected chi connectivity index (χ2v) is 4.39. The summed E-state index contributed by atoms with van der Waals surface area (Å²) in [6.45, 7) is 0.684. The highest BCUT2D eigenvalue weighted by Crippen LogP contribution is 2.03. The molecule has 104 valence electrons. The van der Waals surface area contributed by atoms with Crippen LogP contribution in [0.5, 0.6) is 0 Å². The van der Waals surface area contributed by atoms with Gasteiger partial charge < -0.3 is 10.1 Å². The van der Waals surface area contributed by atoms with Gasteiger partial charge in [0, 0.05) is 6.54 Å². The molecule has 0 aliphatic carbocycles. The Morgan fingerprint density at radius 3 is 2.55 bits per heavy atom. The van der Waals surface area contributed by atoms with Crippen molar-refractivity contribution in [3.63, 3.8) is 0 Å². The van der Waals surface area contributed by atoms with E-state index in [0.29, 0.717) is 13.2 Å². The first-order chi connectivity index (χ1) is 9.74. The van der Waals surface area contributed by atoms with Gasteiger partial charge in [0.25, 0.3) is 0 Å². The lowest BCUT2D eigenvalue weighted by molar-refractivity contribution is -0.126. The maximum absolute atomic E-state index is 12.9. The zero-order valence-corrected chi connectivity index (χ0v) is 11.0. The zero-order chi connectivity index (χ0) is 14.2. The Kier molecular flexibility index (Phi) is 5.26. The quantitative estimate of drug-likeness (QED) is 0.878. The van der Waals surface area contributed by atoms with E-state index in [-0.39, 0.29) is 18.3 Å². The minimum atomic E-state index is -0.308.